The van der Waals surface area contributed by atoms with Crippen LogP contribution in [0.25, 0.3) is 11.5 Å². The molecule has 0 aliphatic rings. The number of likely N-dealkylation sites (N-methyl/N-ethyl adjacent to an activating group) is 1. The van der Waals surface area contributed by atoms with E-state index in [0.29, 0.717) is 11.8 Å². The molecule has 1 N–H and O–H groups in total. The molecule has 2 heterocycles. The van der Waals surface area contributed by atoms with Crippen LogP contribution in [0.3, 0.4) is 0 Å². The minimum absolute atomic E-state index is 0.465. The van der Waals surface area contributed by atoms with Crippen molar-refractivity contribution >= 4 is 0 Å². The van der Waals surface area contributed by atoms with Crippen LogP contribution >= 0.6 is 0 Å². The topological polar surface area (TPSA) is 76.7 Å². The van der Waals surface area contributed by atoms with Crippen LogP contribution in [0.2, 0.25) is 0 Å². The fraction of sp³-hybridized carbons (Fsp3) is 0.400. The Kier molecular flexibility index (Phi) is 3.55. The van der Waals surface area contributed by atoms with Gasteiger partial charge in [0.05, 0.1) is 5.56 Å². The van der Waals surface area contributed by atoms with Crippen molar-refractivity contribution in [3.05, 3.63) is 24.6 Å². The summed E-state index contributed by atoms with van der Waals surface area (Å²) in [5.41, 5.74) is 0.740. The molecule has 0 atom stereocenters. The molecule has 6 nitrogen and oxygen atoms in total. The quantitative estimate of drug-likeness (QED) is 0.745. The summed E-state index contributed by atoms with van der Waals surface area (Å²) < 4.78 is 5.47. The summed E-state index contributed by atoms with van der Waals surface area (Å²) in [4.78, 5) is 7.79. The Labute approximate surface area is 93.1 Å². The molecule has 0 amide bonds. The van der Waals surface area contributed by atoms with Crippen LogP contribution < -0.4 is 5.32 Å². The molecule has 0 saturated heterocycles. The van der Waals surface area contributed by atoms with Gasteiger partial charge in [-0.3, -0.25) is 0 Å². The lowest BCUT2D eigenvalue weighted by Gasteiger charge is -1.95. The van der Waals surface area contributed by atoms with Gasteiger partial charge in [-0.25, -0.2) is 9.97 Å². The van der Waals surface area contributed by atoms with Gasteiger partial charge < -0.3 is 9.73 Å². The van der Waals surface area contributed by atoms with E-state index in [9.17, 15) is 0 Å². The molecule has 16 heavy (non-hydrogen) atoms. The highest BCUT2D eigenvalue weighted by molar-refractivity contribution is 5.48. The monoisotopic (exact) mass is 219 g/mol. The molecule has 0 aromatic carbocycles. The number of rotatable bonds is 5. The average Bonchev–Trinajstić information content (AvgIpc) is 2.79. The van der Waals surface area contributed by atoms with Gasteiger partial charge in [0.25, 0.3) is 5.89 Å². The first kappa shape index (κ1) is 10.7. The third-order valence-electron chi connectivity index (χ3n) is 2.04. The molecule has 0 radical (unpaired) electrons. The van der Waals surface area contributed by atoms with E-state index in [0.717, 1.165) is 25.1 Å². The fourth-order valence-corrected chi connectivity index (χ4v) is 1.25. The predicted octanol–water partition coefficient (Wildman–Crippen LogP) is 0.679. The normalized spacial score (nSPS) is 10.6. The summed E-state index contributed by atoms with van der Waals surface area (Å²) in [6.45, 7) is 3.83. The van der Waals surface area contributed by atoms with Crippen molar-refractivity contribution in [3.63, 3.8) is 0 Å². The van der Waals surface area contributed by atoms with E-state index in [1.54, 1.807) is 12.4 Å². The third-order valence-corrected chi connectivity index (χ3v) is 2.04. The summed E-state index contributed by atoms with van der Waals surface area (Å²) in [5, 5.41) is 11.1. The molecular formula is C10H13N5O. The van der Waals surface area contributed by atoms with E-state index in [1.807, 2.05) is 0 Å². The van der Waals surface area contributed by atoms with Crippen LogP contribution in [0.1, 0.15) is 12.8 Å². The zero-order valence-corrected chi connectivity index (χ0v) is 9.05. The van der Waals surface area contributed by atoms with Gasteiger partial charge >= 0.3 is 0 Å². The first-order valence-corrected chi connectivity index (χ1v) is 5.18. The lowest BCUT2D eigenvalue weighted by molar-refractivity contribution is 0.496. The van der Waals surface area contributed by atoms with Gasteiger partial charge in [0.2, 0.25) is 5.89 Å². The van der Waals surface area contributed by atoms with E-state index in [-0.39, 0.29) is 0 Å². The van der Waals surface area contributed by atoms with Crippen LogP contribution in [-0.4, -0.2) is 33.3 Å². The van der Waals surface area contributed by atoms with Crippen LogP contribution in [0, 0.1) is 0 Å². The molecule has 0 aliphatic carbocycles. The van der Waals surface area contributed by atoms with Crippen molar-refractivity contribution in [1.29, 1.82) is 0 Å². The van der Waals surface area contributed by atoms with Gasteiger partial charge in [-0.1, -0.05) is 6.92 Å². The SMILES string of the molecule is CCNCCc1nnc(-c2cncnc2)o1. The van der Waals surface area contributed by atoms with Crippen molar-refractivity contribution < 1.29 is 4.42 Å². The van der Waals surface area contributed by atoms with E-state index in [1.165, 1.54) is 6.33 Å². The van der Waals surface area contributed by atoms with Gasteiger partial charge in [-0.05, 0) is 6.54 Å². The molecule has 84 valence electrons. The highest BCUT2D eigenvalue weighted by Crippen LogP contribution is 2.14. The van der Waals surface area contributed by atoms with E-state index in [4.69, 9.17) is 4.42 Å². The first-order valence-electron chi connectivity index (χ1n) is 5.18. The molecule has 0 bridgehead atoms. The molecule has 2 aromatic heterocycles. The standard InChI is InChI=1S/C10H13N5O/c1-2-11-4-3-9-14-15-10(16-9)8-5-12-7-13-6-8/h5-7,11H,2-4H2,1H3. The Morgan fingerprint density at radius 1 is 1.25 bits per heavy atom. The largest absolute Gasteiger partial charge is 0.421 e. The lowest BCUT2D eigenvalue weighted by atomic mass is 10.3. The Bertz CT molecular complexity index is 428. The summed E-state index contributed by atoms with van der Waals surface area (Å²) in [7, 11) is 0. The molecule has 0 spiro atoms. The van der Waals surface area contributed by atoms with Crippen molar-refractivity contribution in [3.8, 4) is 11.5 Å². The van der Waals surface area contributed by atoms with Crippen LogP contribution in [0.5, 0.6) is 0 Å². The number of hydrogen-bond acceptors (Lipinski definition) is 6. The second-order valence-corrected chi connectivity index (χ2v) is 3.23. The molecule has 0 aliphatic heterocycles. The maximum atomic E-state index is 5.47. The van der Waals surface area contributed by atoms with E-state index < -0.39 is 0 Å². The van der Waals surface area contributed by atoms with Crippen molar-refractivity contribution in [2.24, 2.45) is 0 Å². The molecule has 2 aromatic rings. The number of hydrogen-bond donors (Lipinski definition) is 1. The fourth-order valence-electron chi connectivity index (χ4n) is 1.25. The average molecular weight is 219 g/mol. The Morgan fingerprint density at radius 2 is 2.06 bits per heavy atom. The van der Waals surface area contributed by atoms with E-state index in [2.05, 4.69) is 32.4 Å². The minimum Gasteiger partial charge on any atom is -0.421 e. The zero-order valence-electron chi connectivity index (χ0n) is 9.05. The summed E-state index contributed by atoms with van der Waals surface area (Å²) in [5.74, 6) is 1.09. The molecule has 0 unspecified atom stereocenters. The summed E-state index contributed by atoms with van der Waals surface area (Å²) >= 11 is 0. The Balaban J connectivity index is 2.02. The van der Waals surface area contributed by atoms with Crippen LogP contribution in [0.15, 0.2) is 23.1 Å². The molecular weight excluding hydrogens is 206 g/mol. The molecule has 2 rings (SSSR count). The van der Waals surface area contributed by atoms with Crippen molar-refractivity contribution in [1.82, 2.24) is 25.5 Å². The van der Waals surface area contributed by atoms with Gasteiger partial charge in [0, 0.05) is 25.4 Å². The Hall–Kier alpha value is -1.82. The Morgan fingerprint density at radius 3 is 2.81 bits per heavy atom. The van der Waals surface area contributed by atoms with E-state index >= 15 is 0 Å². The van der Waals surface area contributed by atoms with Gasteiger partial charge in [-0.15, -0.1) is 10.2 Å². The number of aromatic nitrogens is 4. The summed E-state index contributed by atoms with van der Waals surface area (Å²) in [6.07, 6.45) is 5.49. The van der Waals surface area contributed by atoms with Crippen LogP contribution in [0.4, 0.5) is 0 Å². The third kappa shape index (κ3) is 2.60. The van der Waals surface area contributed by atoms with Gasteiger partial charge in [-0.2, -0.15) is 0 Å². The second-order valence-electron chi connectivity index (χ2n) is 3.23. The highest BCUT2D eigenvalue weighted by atomic mass is 16.4. The smallest absolute Gasteiger partial charge is 0.250 e. The highest BCUT2D eigenvalue weighted by Gasteiger charge is 2.07. The molecule has 0 fully saturated rings. The maximum absolute atomic E-state index is 5.47. The maximum Gasteiger partial charge on any atom is 0.250 e. The first-order chi connectivity index (χ1) is 7.90. The number of nitrogens with zero attached hydrogens (tertiary/aromatic N) is 4. The zero-order chi connectivity index (χ0) is 11.2. The lowest BCUT2D eigenvalue weighted by Crippen LogP contribution is -2.16. The minimum atomic E-state index is 0.465. The number of nitrogens with one attached hydrogen (secondary N) is 1. The van der Waals surface area contributed by atoms with Crippen molar-refractivity contribution in [2.45, 2.75) is 13.3 Å². The molecule has 0 saturated carbocycles. The predicted molar refractivity (Wildman–Crippen MR) is 57.6 cm³/mol. The van der Waals surface area contributed by atoms with Crippen LogP contribution in [-0.2, 0) is 6.42 Å². The van der Waals surface area contributed by atoms with Gasteiger partial charge in [0.1, 0.15) is 6.33 Å². The van der Waals surface area contributed by atoms with Gasteiger partial charge in [0.15, 0.2) is 0 Å². The van der Waals surface area contributed by atoms with Crippen molar-refractivity contribution in [2.75, 3.05) is 13.1 Å². The second kappa shape index (κ2) is 5.32. The summed E-state index contributed by atoms with van der Waals surface area (Å²) in [6, 6.07) is 0. The molecule has 6 heteroatoms.